The number of hydrogen-bond acceptors (Lipinski definition) is 3. The second kappa shape index (κ2) is 24.8. The van der Waals surface area contributed by atoms with E-state index < -0.39 is 201 Å². The van der Waals surface area contributed by atoms with Crippen LogP contribution in [0.25, 0.3) is 43.1 Å². The monoisotopic (exact) mass is 1380 g/mol. The lowest BCUT2D eigenvalue weighted by Gasteiger charge is -2.46. The molecule has 0 fully saturated rings. The third-order valence-electron chi connectivity index (χ3n) is 15.9. The number of esters is 1. The summed E-state index contributed by atoms with van der Waals surface area (Å²) in [7, 11) is 0. The van der Waals surface area contributed by atoms with Gasteiger partial charge in [0.2, 0.25) is 12.3 Å². The molecule has 4 nitrogen and oxygen atoms in total. The van der Waals surface area contributed by atoms with Gasteiger partial charge in [-0.05, 0) is 75.5 Å². The number of pyridine rings is 1. The van der Waals surface area contributed by atoms with Crippen molar-refractivity contribution in [3.63, 3.8) is 0 Å². The molecule has 502 valence electrons. The standard InChI is InChI=1S/C36H24NO3.C32H12BF24/c38-33(25-11-2-1-3-12-25)23-37-19-18-24-10-6-8-16-30(24)34(37)36(39)40-35-31-17-9-7-15-28(31)21-29-20-26-13-4-5-14-27(26)22-32(29)35;34-25(35,36)13-1-14(26(37,38)39)6-21(5-13)33(22-7-15(27(40,41)42)2-16(8-22)28(43,44)45,23-9-17(29(46,47)48)3-18(10-23)30(49,50)51)24-11-19(31(52,53)54)4-20(12-24)32(55,56)57/h1-22H,23H2;1-12H/q+1;-1. The Kier molecular flexibility index (Phi) is 17.9. The Morgan fingerprint density at radius 1 is 0.309 bits per heavy atom. The molecule has 0 aliphatic heterocycles. The number of Topliss-reactive ketones (excluding diaryl/α,β-unsaturated/α-hetero) is 1. The first kappa shape index (κ1) is 69.7. The summed E-state index contributed by atoms with van der Waals surface area (Å²) in [6.45, 7) is 0.0141. The minimum Gasteiger partial charge on any atom is -0.417 e. The van der Waals surface area contributed by atoms with Gasteiger partial charge in [0, 0.05) is 22.4 Å². The molecule has 29 heteroatoms. The van der Waals surface area contributed by atoms with Crippen molar-refractivity contribution in [1.29, 1.82) is 0 Å². The molecule has 0 atom stereocenters. The van der Waals surface area contributed by atoms with Crippen LogP contribution in [-0.4, -0.2) is 17.9 Å². The van der Waals surface area contributed by atoms with Gasteiger partial charge in [-0.2, -0.15) is 132 Å². The van der Waals surface area contributed by atoms with Crippen molar-refractivity contribution >= 4 is 82.8 Å². The number of carbonyl (C=O) groups is 2. The summed E-state index contributed by atoms with van der Waals surface area (Å²) in [6.07, 6.45) is -53.0. The quantitative estimate of drug-likeness (QED) is 0.0275. The van der Waals surface area contributed by atoms with Crippen LogP contribution in [0.15, 0.2) is 206 Å². The highest BCUT2D eigenvalue weighted by Gasteiger charge is 2.47. The number of benzene rings is 10. The summed E-state index contributed by atoms with van der Waals surface area (Å²) in [6, 6.07) is 32.3. The zero-order valence-corrected chi connectivity index (χ0v) is 48.2. The van der Waals surface area contributed by atoms with E-state index in [1.807, 2.05) is 84.9 Å². The molecule has 0 saturated heterocycles. The molecular formula is C68H36BF24NO3. The molecule has 0 amide bonds. The number of alkyl halides is 24. The van der Waals surface area contributed by atoms with Gasteiger partial charge in [0.1, 0.15) is 11.9 Å². The molecule has 0 aliphatic carbocycles. The van der Waals surface area contributed by atoms with Gasteiger partial charge in [-0.25, -0.2) is 4.79 Å². The Bertz CT molecular complexity index is 4430. The van der Waals surface area contributed by atoms with E-state index in [1.165, 1.54) is 0 Å². The summed E-state index contributed by atoms with van der Waals surface area (Å²) >= 11 is 0. The predicted molar refractivity (Wildman–Crippen MR) is 309 cm³/mol. The maximum Gasteiger partial charge on any atom is 0.416 e. The van der Waals surface area contributed by atoms with Crippen molar-refractivity contribution in [2.45, 2.75) is 56.0 Å². The van der Waals surface area contributed by atoms with Crippen LogP contribution in [0.3, 0.4) is 0 Å². The topological polar surface area (TPSA) is 47.2 Å². The van der Waals surface area contributed by atoms with Crippen LogP contribution in [0, 0.1) is 0 Å². The van der Waals surface area contributed by atoms with Gasteiger partial charge in [0.05, 0.1) is 49.9 Å². The molecule has 0 bridgehead atoms. The number of rotatable bonds is 9. The predicted octanol–water partition coefficient (Wildman–Crippen LogP) is 18.9. The maximum absolute atomic E-state index is 14.2. The lowest BCUT2D eigenvalue weighted by atomic mass is 9.12. The smallest absolute Gasteiger partial charge is 0.416 e. The average molecular weight is 1380 g/mol. The molecular weight excluding hydrogens is 1350 g/mol. The van der Waals surface area contributed by atoms with Gasteiger partial charge >= 0.3 is 55.4 Å². The van der Waals surface area contributed by atoms with Crippen molar-refractivity contribution in [2.75, 3.05) is 0 Å². The van der Waals surface area contributed by atoms with E-state index in [-0.39, 0.29) is 12.3 Å². The first-order chi connectivity index (χ1) is 44.9. The van der Waals surface area contributed by atoms with Crippen molar-refractivity contribution in [1.82, 2.24) is 0 Å². The fourth-order valence-corrected chi connectivity index (χ4v) is 11.5. The molecule has 1 heterocycles. The van der Waals surface area contributed by atoms with Crippen molar-refractivity contribution in [2.24, 2.45) is 0 Å². The number of hydrogen-bond donors (Lipinski definition) is 0. The molecule has 0 N–H and O–H groups in total. The molecule has 97 heavy (non-hydrogen) atoms. The summed E-state index contributed by atoms with van der Waals surface area (Å²) < 4.78 is 349. The van der Waals surface area contributed by atoms with Crippen LogP contribution in [0.2, 0.25) is 0 Å². The Morgan fingerprint density at radius 3 is 0.990 bits per heavy atom. The first-order valence-electron chi connectivity index (χ1n) is 27.8. The van der Waals surface area contributed by atoms with Crippen LogP contribution in [0.5, 0.6) is 5.75 Å². The number of ether oxygens (including phenoxy) is 1. The molecule has 0 saturated carbocycles. The Hall–Kier alpha value is -10.1. The highest BCUT2D eigenvalue weighted by molar-refractivity contribution is 7.20. The van der Waals surface area contributed by atoms with Crippen LogP contribution in [-0.2, 0) is 56.0 Å². The number of fused-ring (bicyclic) bond motifs is 4. The normalized spacial score (nSPS) is 13.1. The third-order valence-corrected chi connectivity index (χ3v) is 15.9. The van der Waals surface area contributed by atoms with Gasteiger partial charge in [0.15, 0.2) is 6.20 Å². The molecule has 0 radical (unpaired) electrons. The Labute approximate surface area is 529 Å². The summed E-state index contributed by atoms with van der Waals surface area (Å²) in [5.74, 6) is -0.0850. The van der Waals surface area contributed by atoms with Crippen molar-refractivity contribution in [3.8, 4) is 5.75 Å². The molecule has 11 aromatic rings. The summed E-state index contributed by atoms with van der Waals surface area (Å²) in [4.78, 5) is 27.3. The molecule has 1 aromatic heterocycles. The number of carbonyl (C=O) groups excluding carboxylic acids is 2. The van der Waals surface area contributed by atoms with Crippen molar-refractivity contribution in [3.05, 3.63) is 262 Å². The van der Waals surface area contributed by atoms with Gasteiger partial charge < -0.3 is 4.74 Å². The Balaban J connectivity index is 0.000000222. The van der Waals surface area contributed by atoms with E-state index in [0.717, 1.165) is 43.1 Å². The molecule has 0 aliphatic rings. The lowest BCUT2D eigenvalue weighted by Crippen LogP contribution is -2.75. The van der Waals surface area contributed by atoms with E-state index in [1.54, 1.807) is 22.9 Å². The molecule has 0 unspecified atom stereocenters. The second-order valence-electron chi connectivity index (χ2n) is 22.1. The fraction of sp³-hybridized carbons (Fsp3) is 0.132. The minimum absolute atomic E-state index is 0.0141. The largest absolute Gasteiger partial charge is 0.417 e. The van der Waals surface area contributed by atoms with E-state index in [4.69, 9.17) is 4.74 Å². The molecule has 11 rings (SSSR count). The number of ketones is 1. The Morgan fingerprint density at radius 2 is 0.619 bits per heavy atom. The van der Waals surface area contributed by atoms with E-state index in [2.05, 4.69) is 30.3 Å². The second-order valence-corrected chi connectivity index (χ2v) is 22.1. The molecule has 0 spiro atoms. The van der Waals surface area contributed by atoms with E-state index in [0.29, 0.717) is 17.0 Å². The van der Waals surface area contributed by atoms with E-state index in [9.17, 15) is 115 Å². The zero-order chi connectivity index (χ0) is 71.0. The number of nitrogens with zero attached hydrogens (tertiary/aromatic N) is 1. The third kappa shape index (κ3) is 14.5. The zero-order valence-electron chi connectivity index (χ0n) is 48.2. The number of halogens is 24. The molecule has 10 aromatic carbocycles. The van der Waals surface area contributed by atoms with Gasteiger partial charge in [-0.3, -0.25) is 4.79 Å². The van der Waals surface area contributed by atoms with Crippen LogP contribution in [0.4, 0.5) is 105 Å². The lowest BCUT2D eigenvalue weighted by molar-refractivity contribution is -0.684. The fourth-order valence-electron chi connectivity index (χ4n) is 11.5. The number of aromatic nitrogens is 1. The van der Waals surface area contributed by atoms with Crippen LogP contribution >= 0.6 is 0 Å². The first-order valence-corrected chi connectivity index (χ1v) is 27.8. The summed E-state index contributed by atoms with van der Waals surface area (Å²) in [5, 5.41) is 7.50. The van der Waals surface area contributed by atoms with E-state index >= 15 is 0 Å². The summed E-state index contributed by atoms with van der Waals surface area (Å²) in [5.41, 5.74) is -29.3. The van der Waals surface area contributed by atoms with Gasteiger partial charge in [-0.1, -0.05) is 146 Å². The maximum atomic E-state index is 14.2. The van der Waals surface area contributed by atoms with Crippen LogP contribution < -0.4 is 31.2 Å². The van der Waals surface area contributed by atoms with Gasteiger partial charge in [0.25, 0.3) is 5.69 Å². The van der Waals surface area contributed by atoms with Crippen LogP contribution in [0.1, 0.15) is 65.4 Å². The van der Waals surface area contributed by atoms with Crippen molar-refractivity contribution < 1.29 is 124 Å². The van der Waals surface area contributed by atoms with Gasteiger partial charge in [-0.15, -0.1) is 0 Å². The highest BCUT2D eigenvalue weighted by atomic mass is 19.4. The SMILES string of the molecule is FC(F)(F)c1cc([B-](c2cc(C(F)(F)F)cc(C(F)(F)F)c2)(c2cc(C(F)(F)F)cc(C(F)(F)F)c2)c2cc(C(F)(F)F)cc(C(F)(F)F)c2)cc(C(F)(F)F)c1.O=C(C[n+]1ccc2ccccc2c1C(=O)Oc1c2ccccc2cc2cc3ccccc3cc12)c1ccccc1. The average Bonchev–Trinajstić information content (AvgIpc) is 0.706. The highest BCUT2D eigenvalue weighted by Crippen LogP contribution is 2.43. The minimum atomic E-state index is -6.13.